The second-order valence-corrected chi connectivity index (χ2v) is 7.15. The van der Waals surface area contributed by atoms with Crippen molar-refractivity contribution in [3.8, 4) is 0 Å². The smallest absolute Gasteiger partial charge is 0.207 e. The number of hydrogen-bond acceptors (Lipinski definition) is 2. The van der Waals surface area contributed by atoms with E-state index in [0.717, 1.165) is 11.8 Å². The maximum absolute atomic E-state index is 12.3. The molecule has 1 aromatic carbocycles. The Morgan fingerprint density at radius 3 is 2.53 bits per heavy atom. The molecule has 0 bridgehead atoms. The Balaban J connectivity index is 2.22. The molecular formula is C11H13BrClNO2S. The van der Waals surface area contributed by atoms with E-state index in [1.807, 2.05) is 0 Å². The van der Waals surface area contributed by atoms with Gasteiger partial charge in [0.25, 0.3) is 0 Å². The minimum atomic E-state index is -3.34. The summed E-state index contributed by atoms with van der Waals surface area (Å²) in [6.07, 6.45) is 0.915. The fraction of sp³-hybridized carbons (Fsp3) is 0.455. The van der Waals surface area contributed by atoms with E-state index in [0.29, 0.717) is 28.9 Å². The van der Waals surface area contributed by atoms with Crippen molar-refractivity contribution in [2.24, 2.45) is 5.92 Å². The molecule has 0 aliphatic carbocycles. The summed E-state index contributed by atoms with van der Waals surface area (Å²) in [6.45, 7) is 1.19. The van der Waals surface area contributed by atoms with Gasteiger partial charge in [0.15, 0.2) is 0 Å². The molecule has 0 saturated carbocycles. The monoisotopic (exact) mass is 337 g/mol. The molecular weight excluding hydrogens is 326 g/mol. The lowest BCUT2D eigenvalue weighted by atomic mass is 10.2. The van der Waals surface area contributed by atoms with Gasteiger partial charge in [-0.2, -0.15) is 4.31 Å². The molecule has 1 saturated heterocycles. The molecule has 2 rings (SSSR count). The number of hydrogen-bond donors (Lipinski definition) is 0. The standard InChI is InChI=1S/C11H13BrClNO2S/c12-7-9-5-6-14(8-9)17(15,16)11-3-1-10(13)2-4-11/h1-4,9H,5-8H2. The molecule has 3 nitrogen and oxygen atoms in total. The molecule has 0 N–H and O–H groups in total. The van der Waals surface area contributed by atoms with Crippen molar-refractivity contribution in [2.75, 3.05) is 18.4 Å². The van der Waals surface area contributed by atoms with E-state index in [4.69, 9.17) is 11.6 Å². The van der Waals surface area contributed by atoms with Gasteiger partial charge < -0.3 is 0 Å². The Hall–Kier alpha value is -0.100. The quantitative estimate of drug-likeness (QED) is 0.795. The van der Waals surface area contributed by atoms with Crippen molar-refractivity contribution < 1.29 is 8.42 Å². The molecule has 0 amide bonds. The normalized spacial score (nSPS) is 21.9. The van der Waals surface area contributed by atoms with E-state index < -0.39 is 10.0 Å². The SMILES string of the molecule is O=S(=O)(c1ccc(Cl)cc1)N1CCC(CBr)C1. The fourth-order valence-corrected chi connectivity index (χ4v) is 4.08. The van der Waals surface area contributed by atoms with Gasteiger partial charge in [-0.3, -0.25) is 0 Å². The molecule has 0 spiro atoms. The number of alkyl halides is 1. The van der Waals surface area contributed by atoms with Crippen molar-refractivity contribution in [1.29, 1.82) is 0 Å². The van der Waals surface area contributed by atoms with Gasteiger partial charge in [-0.25, -0.2) is 8.42 Å². The lowest BCUT2D eigenvalue weighted by molar-refractivity contribution is 0.466. The largest absolute Gasteiger partial charge is 0.243 e. The van der Waals surface area contributed by atoms with E-state index in [9.17, 15) is 8.42 Å². The molecule has 17 heavy (non-hydrogen) atoms. The van der Waals surface area contributed by atoms with Crippen LogP contribution in [0.4, 0.5) is 0 Å². The zero-order valence-electron chi connectivity index (χ0n) is 9.14. The molecule has 1 aliphatic heterocycles. The van der Waals surface area contributed by atoms with Crippen LogP contribution in [0.5, 0.6) is 0 Å². The summed E-state index contributed by atoms with van der Waals surface area (Å²) in [7, 11) is -3.34. The van der Waals surface area contributed by atoms with Crippen molar-refractivity contribution in [2.45, 2.75) is 11.3 Å². The minimum Gasteiger partial charge on any atom is -0.207 e. The highest BCUT2D eigenvalue weighted by atomic mass is 79.9. The van der Waals surface area contributed by atoms with E-state index >= 15 is 0 Å². The molecule has 1 fully saturated rings. The number of rotatable bonds is 3. The molecule has 6 heteroatoms. The predicted molar refractivity (Wildman–Crippen MR) is 72.1 cm³/mol. The van der Waals surface area contributed by atoms with Gasteiger partial charge in [-0.15, -0.1) is 0 Å². The molecule has 1 aromatic rings. The average molecular weight is 339 g/mol. The van der Waals surface area contributed by atoms with Crippen molar-refractivity contribution in [3.63, 3.8) is 0 Å². The molecule has 94 valence electrons. The lowest BCUT2D eigenvalue weighted by Crippen LogP contribution is -2.29. The summed E-state index contributed by atoms with van der Waals surface area (Å²) >= 11 is 9.15. The van der Waals surface area contributed by atoms with Crippen LogP contribution in [0.1, 0.15) is 6.42 Å². The van der Waals surface area contributed by atoms with Gasteiger partial charge >= 0.3 is 0 Å². The zero-order chi connectivity index (χ0) is 12.5. The summed E-state index contributed by atoms with van der Waals surface area (Å²) in [5.74, 6) is 0.414. The Bertz CT molecular complexity index is 489. The summed E-state index contributed by atoms with van der Waals surface area (Å²) in [6, 6.07) is 6.32. The minimum absolute atomic E-state index is 0.317. The molecule has 0 radical (unpaired) electrons. The highest BCUT2D eigenvalue weighted by Gasteiger charge is 2.31. The van der Waals surface area contributed by atoms with Crippen LogP contribution in [0, 0.1) is 5.92 Å². The van der Waals surface area contributed by atoms with Crippen LogP contribution in [-0.2, 0) is 10.0 Å². The highest BCUT2D eigenvalue weighted by molar-refractivity contribution is 9.09. The van der Waals surface area contributed by atoms with E-state index in [2.05, 4.69) is 15.9 Å². The zero-order valence-corrected chi connectivity index (χ0v) is 12.3. The van der Waals surface area contributed by atoms with Gasteiger partial charge in [-0.1, -0.05) is 27.5 Å². The van der Waals surface area contributed by atoms with Crippen LogP contribution < -0.4 is 0 Å². The number of halogens is 2. The molecule has 1 aliphatic rings. The van der Waals surface area contributed by atoms with E-state index in [-0.39, 0.29) is 0 Å². The third-order valence-electron chi connectivity index (χ3n) is 2.92. The fourth-order valence-electron chi connectivity index (χ4n) is 1.90. The number of nitrogens with zero attached hydrogens (tertiary/aromatic N) is 1. The van der Waals surface area contributed by atoms with Crippen LogP contribution in [0.15, 0.2) is 29.2 Å². The predicted octanol–water partition coefficient (Wildman–Crippen LogP) is 2.75. The first-order chi connectivity index (χ1) is 8.04. The molecule has 1 unspecified atom stereocenters. The first-order valence-electron chi connectivity index (χ1n) is 5.35. The van der Waals surface area contributed by atoms with Gasteiger partial charge in [0.05, 0.1) is 4.90 Å². The Kier molecular flexibility index (Phi) is 4.13. The van der Waals surface area contributed by atoms with Crippen molar-refractivity contribution in [1.82, 2.24) is 4.31 Å². The second-order valence-electron chi connectivity index (χ2n) is 4.13. The summed E-state index contributed by atoms with van der Waals surface area (Å²) in [5.41, 5.74) is 0. The Morgan fingerprint density at radius 1 is 1.35 bits per heavy atom. The Morgan fingerprint density at radius 2 is 2.00 bits per heavy atom. The molecule has 1 heterocycles. The Labute approximate surface area is 115 Å². The molecule has 0 aromatic heterocycles. The van der Waals surface area contributed by atoms with Gasteiger partial charge in [0, 0.05) is 23.4 Å². The maximum Gasteiger partial charge on any atom is 0.243 e. The van der Waals surface area contributed by atoms with Crippen LogP contribution in [0.2, 0.25) is 5.02 Å². The first-order valence-corrected chi connectivity index (χ1v) is 8.29. The maximum atomic E-state index is 12.3. The third-order valence-corrected chi connectivity index (χ3v) is 5.97. The highest BCUT2D eigenvalue weighted by Crippen LogP contribution is 2.25. The average Bonchev–Trinajstić information content (AvgIpc) is 2.78. The second kappa shape index (κ2) is 5.26. The van der Waals surface area contributed by atoms with Crippen LogP contribution in [0.25, 0.3) is 0 Å². The summed E-state index contributed by atoms with van der Waals surface area (Å²) in [5, 5.41) is 1.39. The van der Waals surface area contributed by atoms with Crippen molar-refractivity contribution in [3.05, 3.63) is 29.3 Å². The summed E-state index contributed by atoms with van der Waals surface area (Å²) in [4.78, 5) is 0.317. The third kappa shape index (κ3) is 2.84. The van der Waals surface area contributed by atoms with E-state index in [1.165, 1.54) is 0 Å². The molecule has 1 atom stereocenters. The van der Waals surface area contributed by atoms with Crippen molar-refractivity contribution >= 4 is 37.6 Å². The number of benzene rings is 1. The van der Waals surface area contributed by atoms with E-state index in [1.54, 1.807) is 28.6 Å². The topological polar surface area (TPSA) is 37.4 Å². The van der Waals surface area contributed by atoms with Gasteiger partial charge in [-0.05, 0) is 36.6 Å². The van der Waals surface area contributed by atoms with Crippen LogP contribution >= 0.6 is 27.5 Å². The number of sulfonamides is 1. The van der Waals surface area contributed by atoms with Crippen LogP contribution in [0.3, 0.4) is 0 Å². The first kappa shape index (κ1) is 13.3. The van der Waals surface area contributed by atoms with Gasteiger partial charge in [0.2, 0.25) is 10.0 Å². The summed E-state index contributed by atoms with van der Waals surface area (Å²) < 4.78 is 26.1. The van der Waals surface area contributed by atoms with Crippen LogP contribution in [-0.4, -0.2) is 31.1 Å². The van der Waals surface area contributed by atoms with Gasteiger partial charge in [0.1, 0.15) is 0 Å². The lowest BCUT2D eigenvalue weighted by Gasteiger charge is -2.16.